The Morgan fingerprint density at radius 3 is 2.88 bits per heavy atom. The molecule has 1 aromatic rings. The van der Waals surface area contributed by atoms with Crippen LogP contribution >= 0.6 is 23.2 Å². The van der Waals surface area contributed by atoms with Gasteiger partial charge in [-0.15, -0.1) is 0 Å². The number of halogens is 2. The van der Waals surface area contributed by atoms with Gasteiger partial charge in [0.1, 0.15) is 23.2 Å². The Balaban J connectivity index is 2.04. The number of hydrogen-bond donors (Lipinski definition) is 3. The largest absolute Gasteiger partial charge is 0.484 e. The molecule has 0 saturated heterocycles. The summed E-state index contributed by atoms with van der Waals surface area (Å²) in [4.78, 5) is 12.0. The van der Waals surface area contributed by atoms with Gasteiger partial charge in [0.2, 0.25) is 0 Å². The Hall–Kier alpha value is -1.56. The lowest BCUT2D eigenvalue weighted by Crippen LogP contribution is -2.33. The Morgan fingerprint density at radius 1 is 1.44 bits per heavy atom. The van der Waals surface area contributed by atoms with Gasteiger partial charge in [0.05, 0.1) is 5.02 Å². The van der Waals surface area contributed by atoms with Crippen molar-refractivity contribution in [3.8, 4) is 5.75 Å². The van der Waals surface area contributed by atoms with E-state index in [0.717, 1.165) is 42.4 Å². The first-order valence-electron chi connectivity index (χ1n) is 8.35. The van der Waals surface area contributed by atoms with Crippen LogP contribution in [0.3, 0.4) is 0 Å². The highest BCUT2D eigenvalue weighted by molar-refractivity contribution is 6.44. The van der Waals surface area contributed by atoms with E-state index in [9.17, 15) is 4.79 Å². The molecule has 0 amide bonds. The topological polar surface area (TPSA) is 88.2 Å². The van der Waals surface area contributed by atoms with Crippen LogP contribution in [0.4, 0.5) is 0 Å². The normalized spacial score (nSPS) is 21.4. The zero-order valence-corrected chi connectivity index (χ0v) is 15.6. The van der Waals surface area contributed by atoms with Gasteiger partial charge in [-0.25, -0.2) is 5.84 Å². The Labute approximate surface area is 157 Å². The van der Waals surface area contributed by atoms with Crippen molar-refractivity contribution in [2.24, 2.45) is 11.3 Å². The van der Waals surface area contributed by atoms with Gasteiger partial charge in [0.25, 0.3) is 0 Å². The van der Waals surface area contributed by atoms with Crippen LogP contribution in [0.25, 0.3) is 5.57 Å². The van der Waals surface area contributed by atoms with E-state index >= 15 is 0 Å². The maximum atomic E-state index is 12.0. The highest BCUT2D eigenvalue weighted by atomic mass is 35.5. The van der Waals surface area contributed by atoms with Crippen LogP contribution in [0, 0.1) is 10.8 Å². The fourth-order valence-electron chi connectivity index (χ4n) is 3.98. The minimum Gasteiger partial charge on any atom is -0.484 e. The maximum absolute atomic E-state index is 12.0. The lowest BCUT2D eigenvalue weighted by Gasteiger charge is -2.33. The minimum atomic E-state index is -0.0396. The molecule has 3 rings (SSSR count). The van der Waals surface area contributed by atoms with E-state index < -0.39 is 0 Å². The molecule has 134 valence electrons. The summed E-state index contributed by atoms with van der Waals surface area (Å²) in [6, 6.07) is 1.88. The van der Waals surface area contributed by atoms with Gasteiger partial charge >= 0.3 is 0 Å². The first-order chi connectivity index (χ1) is 11.9. The summed E-state index contributed by atoms with van der Waals surface area (Å²) in [5.74, 6) is 5.80. The monoisotopic (exact) mass is 381 g/mol. The van der Waals surface area contributed by atoms with Crippen molar-refractivity contribution >= 4 is 40.4 Å². The molecule has 7 heteroatoms. The number of hydrogen-bond acceptors (Lipinski definition) is 4. The molecule has 0 bridgehead atoms. The Kier molecular flexibility index (Phi) is 5.09. The third-order valence-corrected chi connectivity index (χ3v) is 5.90. The second-order valence-corrected chi connectivity index (χ2v) is 7.44. The number of carbonyl (C=O) groups is 1. The molecule has 0 spiro atoms. The number of nitrogens with two attached hydrogens (primary N) is 1. The third-order valence-electron chi connectivity index (χ3n) is 5.05. The van der Waals surface area contributed by atoms with E-state index in [2.05, 4.69) is 12.3 Å². The van der Waals surface area contributed by atoms with Crippen LogP contribution < -0.4 is 16.0 Å². The highest BCUT2D eigenvalue weighted by Crippen LogP contribution is 2.58. The van der Waals surface area contributed by atoms with Crippen LogP contribution in [0.15, 0.2) is 12.1 Å². The quantitative estimate of drug-likeness (QED) is 0.312. The van der Waals surface area contributed by atoms with Gasteiger partial charge < -0.3 is 10.2 Å². The van der Waals surface area contributed by atoms with Crippen molar-refractivity contribution in [3.63, 3.8) is 0 Å². The number of rotatable bonds is 5. The molecule has 1 aromatic carbocycles. The number of carbonyl (C=O) groups excluding carboxylic acids is 1. The second kappa shape index (κ2) is 6.98. The summed E-state index contributed by atoms with van der Waals surface area (Å²) in [7, 11) is 0. The van der Waals surface area contributed by atoms with Gasteiger partial charge in [-0.05, 0) is 42.5 Å². The van der Waals surface area contributed by atoms with Crippen molar-refractivity contribution in [1.82, 2.24) is 5.43 Å². The maximum Gasteiger partial charge on any atom is 0.156 e. The molecular formula is C18H21Cl2N3O2. The molecular weight excluding hydrogens is 361 g/mol. The molecule has 0 radical (unpaired) electrons. The molecule has 4 N–H and O–H groups in total. The molecule has 25 heavy (non-hydrogen) atoms. The molecule has 0 aromatic heterocycles. The lowest BCUT2D eigenvalue weighted by atomic mass is 9.70. The molecule has 0 aliphatic heterocycles. The van der Waals surface area contributed by atoms with E-state index in [1.165, 1.54) is 0 Å². The van der Waals surface area contributed by atoms with Gasteiger partial charge in [0.15, 0.2) is 5.78 Å². The molecule has 1 atom stereocenters. The number of hydrazine groups is 1. The predicted octanol–water partition coefficient (Wildman–Crippen LogP) is 3.90. The highest BCUT2D eigenvalue weighted by Gasteiger charge is 2.45. The number of ketones is 1. The van der Waals surface area contributed by atoms with E-state index in [1.807, 2.05) is 6.07 Å². The first kappa shape index (κ1) is 18.2. The Bertz CT molecular complexity index is 776. The summed E-state index contributed by atoms with van der Waals surface area (Å²) in [6.45, 7) is 2.13. The summed E-state index contributed by atoms with van der Waals surface area (Å²) < 4.78 is 5.59. The van der Waals surface area contributed by atoms with Gasteiger partial charge in [0, 0.05) is 17.4 Å². The van der Waals surface area contributed by atoms with Crippen LogP contribution in [0.2, 0.25) is 10.0 Å². The van der Waals surface area contributed by atoms with Gasteiger partial charge in [-0.3, -0.25) is 10.2 Å². The van der Waals surface area contributed by atoms with Crippen LogP contribution in [-0.4, -0.2) is 18.2 Å². The zero-order valence-electron chi connectivity index (χ0n) is 14.0. The molecule has 1 unspecified atom stereocenters. The number of ether oxygens (including phenoxy) is 1. The van der Waals surface area contributed by atoms with Crippen LogP contribution in [0.5, 0.6) is 5.75 Å². The average molecular weight is 382 g/mol. The standard InChI is InChI=1S/C18H21Cl2N3O2/c1-2-4-18-5-3-11(24)7-12(18)15-10(8-18)6-13(16(19)17(15)20)25-9-14(21)23-22/h6-7H,2-5,8-9,22H2,1H3,(H2,21,23). The third kappa shape index (κ3) is 3.16. The fraction of sp³-hybridized carbons (Fsp3) is 0.444. The SMILES string of the molecule is CCCC12CCC(=O)C=C1c1c(cc(OCC(=N)NN)c(Cl)c1Cl)C2. The van der Waals surface area contributed by atoms with E-state index in [-0.39, 0.29) is 23.6 Å². The van der Waals surface area contributed by atoms with E-state index in [0.29, 0.717) is 22.2 Å². The predicted molar refractivity (Wildman–Crippen MR) is 100 cm³/mol. The molecule has 2 aliphatic rings. The smallest absolute Gasteiger partial charge is 0.156 e. The van der Waals surface area contributed by atoms with Crippen molar-refractivity contribution in [3.05, 3.63) is 33.3 Å². The number of fused-ring (bicyclic) bond motifs is 3. The average Bonchev–Trinajstić information content (AvgIpc) is 2.90. The van der Waals surface area contributed by atoms with Crippen LogP contribution in [-0.2, 0) is 11.2 Å². The number of nitrogens with one attached hydrogen (secondary N) is 2. The molecule has 0 saturated carbocycles. The molecule has 0 heterocycles. The molecule has 2 aliphatic carbocycles. The number of benzene rings is 1. The fourth-order valence-corrected chi connectivity index (χ4v) is 4.50. The summed E-state index contributed by atoms with van der Waals surface area (Å²) in [6.07, 6.45) is 6.04. The number of allylic oxidation sites excluding steroid dienone is 2. The second-order valence-electron chi connectivity index (χ2n) is 6.68. The molecule has 5 nitrogen and oxygen atoms in total. The Morgan fingerprint density at radius 2 is 2.20 bits per heavy atom. The van der Waals surface area contributed by atoms with Gasteiger partial charge in [-0.1, -0.05) is 36.5 Å². The summed E-state index contributed by atoms with van der Waals surface area (Å²) in [5, 5.41) is 8.24. The van der Waals surface area contributed by atoms with E-state index in [4.69, 9.17) is 39.2 Å². The van der Waals surface area contributed by atoms with Crippen LogP contribution in [0.1, 0.15) is 43.7 Å². The molecule has 0 fully saturated rings. The summed E-state index contributed by atoms with van der Waals surface area (Å²) >= 11 is 13.0. The van der Waals surface area contributed by atoms with Gasteiger partial charge in [-0.2, -0.15) is 0 Å². The van der Waals surface area contributed by atoms with Crippen molar-refractivity contribution < 1.29 is 9.53 Å². The minimum absolute atomic E-state index is 0.0212. The lowest BCUT2D eigenvalue weighted by molar-refractivity contribution is -0.115. The van der Waals surface area contributed by atoms with E-state index in [1.54, 1.807) is 6.08 Å². The summed E-state index contributed by atoms with van der Waals surface area (Å²) in [5.41, 5.74) is 5.14. The first-order valence-corrected chi connectivity index (χ1v) is 9.10. The zero-order chi connectivity index (χ0) is 18.2. The van der Waals surface area contributed by atoms with Crippen molar-refractivity contribution in [2.45, 2.75) is 39.0 Å². The van der Waals surface area contributed by atoms with Crippen molar-refractivity contribution in [2.75, 3.05) is 6.61 Å². The number of amidine groups is 1. The van der Waals surface area contributed by atoms with Crippen molar-refractivity contribution in [1.29, 1.82) is 5.41 Å².